The van der Waals surface area contributed by atoms with Crippen LogP contribution in [0.25, 0.3) is 0 Å². The first kappa shape index (κ1) is 13.2. The molecule has 1 aliphatic heterocycles. The van der Waals surface area contributed by atoms with Crippen LogP contribution in [0.15, 0.2) is 5.38 Å². The molecule has 0 bridgehead atoms. The molecular weight excluding hydrogens is 276 g/mol. The molecule has 3 rings (SSSR count). The third-order valence-corrected chi connectivity index (χ3v) is 4.23. The topological polar surface area (TPSA) is 89.9 Å². The lowest BCUT2D eigenvalue weighted by molar-refractivity contribution is 0.0775. The largest absolute Gasteiger partial charge is 0.333 e. The van der Waals surface area contributed by atoms with Crippen molar-refractivity contribution in [3.63, 3.8) is 0 Å². The average Bonchev–Trinajstić information content (AvgIpc) is 3.15. The fraction of sp³-hybridized carbons (Fsp3) is 0.500. The van der Waals surface area contributed by atoms with Crippen LogP contribution in [0.5, 0.6) is 0 Å². The fourth-order valence-electron chi connectivity index (χ4n) is 2.31. The Bertz CT molecular complexity index is 634. The van der Waals surface area contributed by atoms with Gasteiger partial charge in [-0.2, -0.15) is 0 Å². The summed E-state index contributed by atoms with van der Waals surface area (Å²) in [7, 11) is 1.75. The summed E-state index contributed by atoms with van der Waals surface area (Å²) in [5.74, 6) is 1.74. The first-order chi connectivity index (χ1) is 9.69. The minimum absolute atomic E-state index is 0.115. The van der Waals surface area contributed by atoms with Gasteiger partial charge in [0, 0.05) is 31.9 Å². The molecule has 2 N–H and O–H groups in total. The molecule has 0 saturated heterocycles. The van der Waals surface area contributed by atoms with Crippen LogP contribution >= 0.6 is 11.3 Å². The molecule has 7 nitrogen and oxygen atoms in total. The standard InChI is InChI=1S/C12H16N6OS/c1-17(12(19)8-7-20-11(5-13)14-8)6-10-16-15-9-3-2-4-18(9)10/h7H,2-6,13H2,1H3. The van der Waals surface area contributed by atoms with Crippen molar-refractivity contribution in [2.75, 3.05) is 7.05 Å². The van der Waals surface area contributed by atoms with E-state index in [1.54, 1.807) is 17.3 Å². The van der Waals surface area contributed by atoms with Gasteiger partial charge >= 0.3 is 0 Å². The van der Waals surface area contributed by atoms with Gasteiger partial charge in [0.15, 0.2) is 5.82 Å². The van der Waals surface area contributed by atoms with Crippen LogP contribution in [-0.4, -0.2) is 37.6 Å². The summed E-state index contributed by atoms with van der Waals surface area (Å²) < 4.78 is 2.09. The van der Waals surface area contributed by atoms with E-state index in [2.05, 4.69) is 19.7 Å². The summed E-state index contributed by atoms with van der Waals surface area (Å²) in [6.45, 7) is 1.74. The number of thiazole rings is 1. The van der Waals surface area contributed by atoms with E-state index in [4.69, 9.17) is 5.73 Å². The molecule has 0 fully saturated rings. The molecule has 0 spiro atoms. The van der Waals surface area contributed by atoms with E-state index < -0.39 is 0 Å². The molecule has 1 aliphatic rings. The van der Waals surface area contributed by atoms with Crippen molar-refractivity contribution in [2.45, 2.75) is 32.5 Å². The monoisotopic (exact) mass is 292 g/mol. The van der Waals surface area contributed by atoms with Crippen LogP contribution in [0.4, 0.5) is 0 Å². The molecule has 3 heterocycles. The molecule has 0 aromatic carbocycles. The number of nitrogens with zero attached hydrogens (tertiary/aromatic N) is 5. The van der Waals surface area contributed by atoms with Crippen LogP contribution in [0.2, 0.25) is 0 Å². The van der Waals surface area contributed by atoms with Crippen molar-refractivity contribution in [3.05, 3.63) is 27.7 Å². The van der Waals surface area contributed by atoms with E-state index in [0.29, 0.717) is 18.8 Å². The Balaban J connectivity index is 1.72. The van der Waals surface area contributed by atoms with Gasteiger partial charge in [-0.15, -0.1) is 21.5 Å². The Morgan fingerprint density at radius 1 is 1.55 bits per heavy atom. The maximum atomic E-state index is 12.3. The predicted molar refractivity (Wildman–Crippen MR) is 74.1 cm³/mol. The quantitative estimate of drug-likeness (QED) is 0.881. The highest BCUT2D eigenvalue weighted by Crippen LogP contribution is 2.16. The SMILES string of the molecule is CN(Cc1nnc2n1CCC2)C(=O)c1csc(CN)n1. The summed E-state index contributed by atoms with van der Waals surface area (Å²) in [5.41, 5.74) is 5.96. The van der Waals surface area contributed by atoms with Gasteiger partial charge in [-0.1, -0.05) is 0 Å². The van der Waals surface area contributed by atoms with Gasteiger partial charge in [0.25, 0.3) is 5.91 Å². The maximum absolute atomic E-state index is 12.3. The Labute approximate surface area is 120 Å². The summed E-state index contributed by atoms with van der Waals surface area (Å²) in [6, 6.07) is 0. The van der Waals surface area contributed by atoms with E-state index in [0.717, 1.165) is 36.0 Å². The van der Waals surface area contributed by atoms with Crippen molar-refractivity contribution >= 4 is 17.2 Å². The highest BCUT2D eigenvalue weighted by Gasteiger charge is 2.21. The van der Waals surface area contributed by atoms with Crippen molar-refractivity contribution in [2.24, 2.45) is 5.73 Å². The number of nitrogens with two attached hydrogens (primary N) is 1. The molecule has 0 atom stereocenters. The molecule has 0 aliphatic carbocycles. The molecule has 1 amide bonds. The second-order valence-corrected chi connectivity index (χ2v) is 5.72. The number of aromatic nitrogens is 4. The number of rotatable bonds is 4. The molecule has 106 valence electrons. The Morgan fingerprint density at radius 2 is 2.40 bits per heavy atom. The normalized spacial score (nSPS) is 13.5. The first-order valence-corrected chi connectivity index (χ1v) is 7.38. The van der Waals surface area contributed by atoms with Crippen LogP contribution in [0.1, 0.15) is 33.6 Å². The van der Waals surface area contributed by atoms with Gasteiger partial charge < -0.3 is 15.2 Å². The molecule has 2 aromatic rings. The third-order valence-electron chi connectivity index (χ3n) is 3.36. The maximum Gasteiger partial charge on any atom is 0.273 e. The van der Waals surface area contributed by atoms with Gasteiger partial charge in [-0.3, -0.25) is 4.79 Å². The fourth-order valence-corrected chi connectivity index (χ4v) is 2.96. The number of aryl methyl sites for hydroxylation is 1. The van der Waals surface area contributed by atoms with Crippen molar-refractivity contribution in [3.8, 4) is 0 Å². The zero-order valence-electron chi connectivity index (χ0n) is 11.2. The van der Waals surface area contributed by atoms with E-state index >= 15 is 0 Å². The van der Waals surface area contributed by atoms with E-state index in [1.165, 1.54) is 11.3 Å². The average molecular weight is 292 g/mol. The molecule has 8 heteroatoms. The predicted octanol–water partition coefficient (Wildman–Crippen LogP) is 0.412. The Morgan fingerprint density at radius 3 is 3.15 bits per heavy atom. The number of carbonyl (C=O) groups is 1. The molecule has 20 heavy (non-hydrogen) atoms. The zero-order chi connectivity index (χ0) is 14.1. The van der Waals surface area contributed by atoms with Gasteiger partial charge in [0.2, 0.25) is 0 Å². The number of carbonyl (C=O) groups excluding carboxylic acids is 1. The third kappa shape index (κ3) is 2.32. The van der Waals surface area contributed by atoms with Crippen LogP contribution in [0.3, 0.4) is 0 Å². The molecule has 0 unspecified atom stereocenters. The first-order valence-electron chi connectivity index (χ1n) is 6.50. The Kier molecular flexibility index (Phi) is 3.49. The van der Waals surface area contributed by atoms with Crippen LogP contribution in [0, 0.1) is 0 Å². The van der Waals surface area contributed by atoms with Crippen molar-refractivity contribution < 1.29 is 4.79 Å². The van der Waals surface area contributed by atoms with E-state index in [1.807, 2.05) is 0 Å². The van der Waals surface area contributed by atoms with Crippen molar-refractivity contribution in [1.29, 1.82) is 0 Å². The van der Waals surface area contributed by atoms with E-state index in [-0.39, 0.29) is 5.91 Å². The van der Waals surface area contributed by atoms with E-state index in [9.17, 15) is 4.79 Å². The molecule has 2 aromatic heterocycles. The highest BCUT2D eigenvalue weighted by molar-refractivity contribution is 7.09. The second kappa shape index (κ2) is 5.29. The molecule has 0 saturated carbocycles. The smallest absolute Gasteiger partial charge is 0.273 e. The van der Waals surface area contributed by atoms with Gasteiger partial charge in [0.1, 0.15) is 16.5 Å². The lowest BCUT2D eigenvalue weighted by atomic mass is 10.4. The van der Waals surface area contributed by atoms with Gasteiger partial charge in [-0.05, 0) is 6.42 Å². The van der Waals surface area contributed by atoms with Crippen LogP contribution in [-0.2, 0) is 26.1 Å². The Hall–Kier alpha value is -1.80. The lowest BCUT2D eigenvalue weighted by Gasteiger charge is -2.15. The number of hydrogen-bond acceptors (Lipinski definition) is 6. The number of amides is 1. The van der Waals surface area contributed by atoms with Gasteiger partial charge in [-0.25, -0.2) is 4.98 Å². The summed E-state index contributed by atoms with van der Waals surface area (Å²) in [4.78, 5) is 18.1. The summed E-state index contributed by atoms with van der Waals surface area (Å²) in [6.07, 6.45) is 2.07. The summed E-state index contributed by atoms with van der Waals surface area (Å²) in [5, 5.41) is 10.8. The van der Waals surface area contributed by atoms with Crippen LogP contribution < -0.4 is 5.73 Å². The van der Waals surface area contributed by atoms with Gasteiger partial charge in [0.05, 0.1) is 6.54 Å². The van der Waals surface area contributed by atoms with Crippen molar-refractivity contribution in [1.82, 2.24) is 24.6 Å². The summed E-state index contributed by atoms with van der Waals surface area (Å²) >= 11 is 1.41. The highest BCUT2D eigenvalue weighted by atomic mass is 32.1. The lowest BCUT2D eigenvalue weighted by Crippen LogP contribution is -2.28. The molecular formula is C12H16N6OS. The minimum atomic E-state index is -0.115. The second-order valence-electron chi connectivity index (χ2n) is 4.78. The molecule has 0 radical (unpaired) electrons. The number of hydrogen-bond donors (Lipinski definition) is 1. The zero-order valence-corrected chi connectivity index (χ0v) is 12.1. The number of fused-ring (bicyclic) bond motifs is 1. The minimum Gasteiger partial charge on any atom is -0.333 e.